The minimum Gasteiger partial charge on any atom is -0.467 e. The molecule has 6 nitrogen and oxygen atoms in total. The number of carbonyl (C=O) groups excluding carboxylic acids is 1. The fourth-order valence-electron chi connectivity index (χ4n) is 4.90. The zero-order valence-electron chi connectivity index (χ0n) is 16.3. The third-order valence-electron chi connectivity index (χ3n) is 6.47. The summed E-state index contributed by atoms with van der Waals surface area (Å²) in [7, 11) is 0. The van der Waals surface area contributed by atoms with Gasteiger partial charge < -0.3 is 9.32 Å². The molecule has 28 heavy (non-hydrogen) atoms. The SMILES string of the molecule is O=C(CSc1nnc(C2CC2)n1Cc1ccco1)N1CCCC2CCCCC21. The van der Waals surface area contributed by atoms with E-state index in [1.807, 2.05) is 12.1 Å². The number of rotatable bonds is 6. The highest BCUT2D eigenvalue weighted by atomic mass is 32.2. The molecule has 0 bridgehead atoms. The van der Waals surface area contributed by atoms with Gasteiger partial charge >= 0.3 is 0 Å². The minimum absolute atomic E-state index is 0.266. The second-order valence-electron chi connectivity index (χ2n) is 8.41. The van der Waals surface area contributed by atoms with Gasteiger partial charge in [-0.05, 0) is 56.6 Å². The fraction of sp³-hybridized carbons (Fsp3) is 0.667. The lowest BCUT2D eigenvalue weighted by Gasteiger charge is -2.44. The number of thioether (sulfide) groups is 1. The Balaban J connectivity index is 1.28. The summed E-state index contributed by atoms with van der Waals surface area (Å²) in [6.45, 7) is 1.56. The number of aromatic nitrogens is 3. The number of piperidine rings is 1. The van der Waals surface area contributed by atoms with Crippen LogP contribution in [0.15, 0.2) is 28.0 Å². The van der Waals surface area contributed by atoms with E-state index in [1.54, 1.807) is 6.26 Å². The minimum atomic E-state index is 0.266. The van der Waals surface area contributed by atoms with E-state index in [2.05, 4.69) is 19.7 Å². The average molecular weight is 401 g/mol. The first kappa shape index (κ1) is 18.3. The summed E-state index contributed by atoms with van der Waals surface area (Å²) in [5.74, 6) is 3.89. The molecule has 0 radical (unpaired) electrons. The summed E-state index contributed by atoms with van der Waals surface area (Å²) in [4.78, 5) is 15.2. The molecule has 2 saturated carbocycles. The number of likely N-dealkylation sites (tertiary alicyclic amines) is 1. The Morgan fingerprint density at radius 3 is 2.82 bits per heavy atom. The van der Waals surface area contributed by atoms with E-state index >= 15 is 0 Å². The summed E-state index contributed by atoms with van der Waals surface area (Å²) in [6, 6.07) is 4.36. The van der Waals surface area contributed by atoms with Crippen molar-refractivity contribution in [1.29, 1.82) is 0 Å². The molecule has 2 aliphatic carbocycles. The van der Waals surface area contributed by atoms with Crippen molar-refractivity contribution in [3.8, 4) is 0 Å². The highest BCUT2D eigenvalue weighted by molar-refractivity contribution is 7.99. The van der Waals surface area contributed by atoms with Crippen LogP contribution in [-0.4, -0.2) is 43.9 Å². The Bertz CT molecular complexity index is 812. The van der Waals surface area contributed by atoms with Gasteiger partial charge in [-0.3, -0.25) is 9.36 Å². The van der Waals surface area contributed by atoms with Crippen molar-refractivity contribution in [2.45, 2.75) is 75.0 Å². The Hall–Kier alpha value is -1.76. The molecule has 3 aliphatic rings. The van der Waals surface area contributed by atoms with E-state index < -0.39 is 0 Å². The Kier molecular flexibility index (Phi) is 5.18. The summed E-state index contributed by atoms with van der Waals surface area (Å²) in [6.07, 6.45) is 11.6. The molecular weight excluding hydrogens is 372 g/mol. The standard InChI is InChI=1S/C21H28N4O2S/c26-19(24-11-3-6-15-5-1-2-8-18(15)24)14-28-21-23-22-20(16-9-10-16)25(21)13-17-7-4-12-27-17/h4,7,12,15-16,18H,1-3,5-6,8-11,13-14H2. The van der Waals surface area contributed by atoms with Gasteiger partial charge in [-0.25, -0.2) is 0 Å². The van der Waals surface area contributed by atoms with Gasteiger partial charge in [0.05, 0.1) is 18.6 Å². The fourth-order valence-corrected chi connectivity index (χ4v) is 5.73. The molecule has 2 aromatic heterocycles. The Labute approximate surface area is 170 Å². The normalized spacial score (nSPS) is 24.9. The maximum absolute atomic E-state index is 13.0. The first-order valence-corrected chi connectivity index (χ1v) is 11.7. The van der Waals surface area contributed by atoms with Crippen LogP contribution in [0.2, 0.25) is 0 Å². The van der Waals surface area contributed by atoms with Crippen molar-refractivity contribution in [1.82, 2.24) is 19.7 Å². The first-order chi connectivity index (χ1) is 13.8. The number of fused-ring (bicyclic) bond motifs is 1. The third kappa shape index (κ3) is 3.73. The number of hydrogen-bond donors (Lipinski definition) is 0. The molecule has 0 aromatic carbocycles. The lowest BCUT2D eigenvalue weighted by Crippen LogP contribution is -2.50. The van der Waals surface area contributed by atoms with Crippen LogP contribution in [0.3, 0.4) is 0 Å². The van der Waals surface area contributed by atoms with Crippen LogP contribution in [0.25, 0.3) is 0 Å². The number of amides is 1. The van der Waals surface area contributed by atoms with Gasteiger partial charge in [0.25, 0.3) is 0 Å². The largest absolute Gasteiger partial charge is 0.467 e. The van der Waals surface area contributed by atoms with Crippen molar-refractivity contribution in [3.05, 3.63) is 30.0 Å². The molecule has 1 amide bonds. The van der Waals surface area contributed by atoms with Crippen LogP contribution in [0.4, 0.5) is 0 Å². The molecule has 1 saturated heterocycles. The van der Waals surface area contributed by atoms with Crippen LogP contribution in [0, 0.1) is 5.92 Å². The van der Waals surface area contributed by atoms with Crippen LogP contribution in [0.5, 0.6) is 0 Å². The van der Waals surface area contributed by atoms with Crippen molar-refractivity contribution >= 4 is 17.7 Å². The second-order valence-corrected chi connectivity index (χ2v) is 9.35. The molecule has 5 rings (SSSR count). The maximum atomic E-state index is 13.0. The monoisotopic (exact) mass is 400 g/mol. The predicted octanol–water partition coefficient (Wildman–Crippen LogP) is 4.07. The van der Waals surface area contributed by atoms with E-state index in [9.17, 15) is 4.79 Å². The van der Waals surface area contributed by atoms with Gasteiger partial charge in [-0.15, -0.1) is 10.2 Å². The van der Waals surface area contributed by atoms with Gasteiger partial charge in [0.15, 0.2) is 5.16 Å². The molecular formula is C21H28N4O2S. The molecule has 3 fully saturated rings. The maximum Gasteiger partial charge on any atom is 0.233 e. The second kappa shape index (κ2) is 7.93. The summed E-state index contributed by atoms with van der Waals surface area (Å²) < 4.78 is 7.68. The van der Waals surface area contributed by atoms with Gasteiger partial charge in [0, 0.05) is 18.5 Å². The smallest absolute Gasteiger partial charge is 0.233 e. The predicted molar refractivity (Wildman–Crippen MR) is 107 cm³/mol. The first-order valence-electron chi connectivity index (χ1n) is 10.7. The quantitative estimate of drug-likeness (QED) is 0.684. The molecule has 2 aromatic rings. The van der Waals surface area contributed by atoms with Gasteiger partial charge in [-0.2, -0.15) is 0 Å². The van der Waals surface area contributed by atoms with Crippen molar-refractivity contribution in [3.63, 3.8) is 0 Å². The Morgan fingerprint density at radius 2 is 2.00 bits per heavy atom. The number of furan rings is 1. The van der Waals surface area contributed by atoms with E-state index in [4.69, 9.17) is 4.42 Å². The average Bonchev–Trinajstić information content (AvgIpc) is 3.29. The third-order valence-corrected chi connectivity index (χ3v) is 7.42. The van der Waals surface area contributed by atoms with E-state index in [1.165, 1.54) is 56.7 Å². The highest BCUT2D eigenvalue weighted by Gasteiger charge is 2.36. The molecule has 150 valence electrons. The molecule has 2 unspecified atom stereocenters. The Morgan fingerprint density at radius 1 is 1.14 bits per heavy atom. The summed E-state index contributed by atoms with van der Waals surface area (Å²) in [5.41, 5.74) is 0. The number of nitrogens with zero attached hydrogens (tertiary/aromatic N) is 4. The molecule has 3 heterocycles. The summed E-state index contributed by atoms with van der Waals surface area (Å²) >= 11 is 1.53. The van der Waals surface area contributed by atoms with Crippen molar-refractivity contribution < 1.29 is 9.21 Å². The van der Waals surface area contributed by atoms with E-state index in [-0.39, 0.29) is 5.91 Å². The van der Waals surface area contributed by atoms with Crippen LogP contribution in [-0.2, 0) is 11.3 Å². The van der Waals surface area contributed by atoms with Gasteiger partial charge in [-0.1, -0.05) is 24.6 Å². The van der Waals surface area contributed by atoms with Crippen LogP contribution in [0.1, 0.15) is 68.9 Å². The van der Waals surface area contributed by atoms with Gasteiger partial charge in [0.2, 0.25) is 5.91 Å². The van der Waals surface area contributed by atoms with Gasteiger partial charge in [0.1, 0.15) is 11.6 Å². The molecule has 7 heteroatoms. The van der Waals surface area contributed by atoms with Crippen LogP contribution >= 0.6 is 11.8 Å². The lowest BCUT2D eigenvalue weighted by atomic mass is 9.78. The molecule has 2 atom stereocenters. The highest BCUT2D eigenvalue weighted by Crippen LogP contribution is 2.40. The van der Waals surface area contributed by atoms with Crippen LogP contribution < -0.4 is 0 Å². The van der Waals surface area contributed by atoms with Crippen molar-refractivity contribution in [2.24, 2.45) is 5.92 Å². The lowest BCUT2D eigenvalue weighted by molar-refractivity contribution is -0.134. The zero-order chi connectivity index (χ0) is 18.9. The van der Waals surface area contributed by atoms with E-state index in [0.717, 1.165) is 35.6 Å². The summed E-state index contributed by atoms with van der Waals surface area (Å²) in [5, 5.41) is 9.70. The number of hydrogen-bond acceptors (Lipinski definition) is 5. The van der Waals surface area contributed by atoms with E-state index in [0.29, 0.717) is 24.3 Å². The molecule has 0 N–H and O–H groups in total. The topological polar surface area (TPSA) is 64.2 Å². The molecule has 0 spiro atoms. The van der Waals surface area contributed by atoms with Crippen molar-refractivity contribution in [2.75, 3.05) is 12.3 Å². The zero-order valence-corrected chi connectivity index (χ0v) is 17.1. The number of carbonyl (C=O) groups is 1. The molecule has 1 aliphatic heterocycles.